The maximum Gasteiger partial charge on any atom is 0.280 e. The van der Waals surface area contributed by atoms with Gasteiger partial charge in [0.05, 0.1) is 35.9 Å². The zero-order chi connectivity index (χ0) is 24.4. The molecule has 0 saturated carbocycles. The van der Waals surface area contributed by atoms with Crippen molar-refractivity contribution >= 4 is 50.8 Å². The van der Waals surface area contributed by atoms with Gasteiger partial charge in [0.15, 0.2) is 11.2 Å². The number of fused-ring (bicyclic) bond motifs is 4. The summed E-state index contributed by atoms with van der Waals surface area (Å²) < 4.78 is 9.02. The second-order valence-electron chi connectivity index (χ2n) is 8.51. The lowest BCUT2D eigenvalue weighted by atomic mass is 10.2. The number of aromatic amines is 1. The highest BCUT2D eigenvalue weighted by Crippen LogP contribution is 2.33. The molecule has 3 atom stereocenters. The molecule has 1 fully saturated rings. The predicted octanol–water partition coefficient (Wildman–Crippen LogP) is 0.224. The van der Waals surface area contributed by atoms with Gasteiger partial charge >= 0.3 is 0 Å². The number of aryl methyl sites for hydroxylation is 2. The molecule has 0 aliphatic carbocycles. The second-order valence-corrected chi connectivity index (χ2v) is 8.51. The molecule has 14 heteroatoms. The summed E-state index contributed by atoms with van der Waals surface area (Å²) in [4.78, 5) is 37.8. The van der Waals surface area contributed by atoms with Crippen molar-refractivity contribution in [2.45, 2.75) is 31.8 Å². The Morgan fingerprint density at radius 3 is 2.83 bits per heavy atom. The van der Waals surface area contributed by atoms with Gasteiger partial charge in [-0.3, -0.25) is 19.3 Å². The van der Waals surface area contributed by atoms with E-state index in [0.717, 1.165) is 11.2 Å². The van der Waals surface area contributed by atoms with E-state index in [9.17, 15) is 15.0 Å². The van der Waals surface area contributed by atoms with E-state index in [2.05, 4.69) is 35.2 Å². The largest absolute Gasteiger partial charge is 0.394 e. The molecule has 1 aliphatic heterocycles. The first-order valence-electron chi connectivity index (χ1n) is 10.9. The van der Waals surface area contributed by atoms with Crippen LogP contribution in [0.3, 0.4) is 0 Å². The number of nitrogen functional groups attached to an aromatic ring is 1. The Labute approximate surface area is 196 Å². The van der Waals surface area contributed by atoms with Crippen LogP contribution in [0, 0.1) is 6.92 Å². The normalized spacial score (nSPS) is 20.4. The van der Waals surface area contributed by atoms with Crippen LogP contribution in [0.2, 0.25) is 0 Å². The number of benzene rings is 1. The highest BCUT2D eigenvalue weighted by Gasteiger charge is 2.35. The minimum Gasteiger partial charge on any atom is -0.394 e. The van der Waals surface area contributed by atoms with Crippen LogP contribution in [-0.2, 0) is 11.8 Å². The van der Waals surface area contributed by atoms with Crippen LogP contribution in [0.1, 0.15) is 18.3 Å². The summed E-state index contributed by atoms with van der Waals surface area (Å²) in [5.74, 6) is 0.484. The molecule has 1 aliphatic rings. The van der Waals surface area contributed by atoms with Gasteiger partial charge in [0.2, 0.25) is 11.9 Å². The number of anilines is 3. The molecule has 4 aromatic heterocycles. The van der Waals surface area contributed by atoms with Gasteiger partial charge in [-0.1, -0.05) is 0 Å². The van der Waals surface area contributed by atoms with Crippen LogP contribution in [0.25, 0.3) is 33.2 Å². The maximum absolute atomic E-state index is 12.8. The monoisotopic (exact) mass is 478 g/mol. The summed E-state index contributed by atoms with van der Waals surface area (Å²) in [5.41, 5.74) is 9.68. The number of nitrogens with two attached hydrogens (primary N) is 1. The number of aliphatic hydroxyl groups excluding tert-OH is 2. The van der Waals surface area contributed by atoms with E-state index in [4.69, 9.17) is 10.5 Å². The number of ether oxygens (including phenoxy) is 1. The average molecular weight is 478 g/mol. The van der Waals surface area contributed by atoms with E-state index in [1.165, 1.54) is 6.33 Å². The SMILES string of the molecule is Cc1cnc2c(Nc3nc4c(ncn4[C@H]4C[C@H](O)[C@@H](CO)O4)c(=O)[nH]3)cc3c(nc(N)n3C)c2n1. The van der Waals surface area contributed by atoms with Gasteiger partial charge in [0.25, 0.3) is 5.56 Å². The zero-order valence-electron chi connectivity index (χ0n) is 18.8. The molecular weight excluding hydrogens is 456 g/mol. The number of aliphatic hydroxyl groups is 2. The van der Waals surface area contributed by atoms with E-state index in [1.54, 1.807) is 22.4 Å². The van der Waals surface area contributed by atoms with Crippen molar-refractivity contribution in [2.24, 2.45) is 7.05 Å². The highest BCUT2D eigenvalue weighted by molar-refractivity contribution is 6.07. The number of H-pyrrole nitrogens is 1. The predicted molar refractivity (Wildman–Crippen MR) is 126 cm³/mol. The van der Waals surface area contributed by atoms with Gasteiger partial charge in [-0.25, -0.2) is 15.0 Å². The standard InChI is InChI=1S/C21H22N10O4/c1-8-5-23-14-9(3-10-15(16(14)25-8)27-20(22)30(10)2)26-21-28-18-17(19(34)29-21)24-7-31(18)13-4-11(33)12(6-32)35-13/h3,5,7,11-13,32-33H,4,6H2,1-2H3,(H2,22,27)(H2,26,28,29,34)/t11-,12+,13+/m0/s1. The van der Waals surface area contributed by atoms with Crippen molar-refractivity contribution in [2.75, 3.05) is 17.7 Å². The Morgan fingerprint density at radius 1 is 1.23 bits per heavy atom. The van der Waals surface area contributed by atoms with Crippen molar-refractivity contribution in [3.63, 3.8) is 0 Å². The van der Waals surface area contributed by atoms with Crippen molar-refractivity contribution in [1.29, 1.82) is 0 Å². The van der Waals surface area contributed by atoms with Crippen LogP contribution < -0.4 is 16.6 Å². The van der Waals surface area contributed by atoms with Crippen LogP contribution in [0.4, 0.5) is 17.6 Å². The van der Waals surface area contributed by atoms with Gasteiger partial charge in [0, 0.05) is 19.7 Å². The van der Waals surface area contributed by atoms with E-state index in [-0.39, 0.29) is 30.1 Å². The molecule has 0 amide bonds. The van der Waals surface area contributed by atoms with E-state index in [0.29, 0.717) is 28.2 Å². The lowest BCUT2D eigenvalue weighted by molar-refractivity contribution is -0.0432. The van der Waals surface area contributed by atoms with Crippen LogP contribution in [-0.4, -0.2) is 68.1 Å². The minimum absolute atomic E-state index is 0.122. The first-order chi connectivity index (χ1) is 16.8. The van der Waals surface area contributed by atoms with Gasteiger partial charge in [-0.15, -0.1) is 0 Å². The van der Waals surface area contributed by atoms with Gasteiger partial charge < -0.3 is 30.6 Å². The molecule has 0 unspecified atom stereocenters. The Morgan fingerprint density at radius 2 is 2.06 bits per heavy atom. The summed E-state index contributed by atoms with van der Waals surface area (Å²) >= 11 is 0. The molecular formula is C21H22N10O4. The number of hydrogen-bond donors (Lipinski definition) is 5. The van der Waals surface area contributed by atoms with Crippen molar-refractivity contribution in [3.8, 4) is 0 Å². The summed E-state index contributed by atoms with van der Waals surface area (Å²) in [5, 5.41) is 22.7. The van der Waals surface area contributed by atoms with Crippen molar-refractivity contribution in [3.05, 3.63) is 34.6 Å². The number of nitrogens with one attached hydrogen (secondary N) is 2. The summed E-state index contributed by atoms with van der Waals surface area (Å²) in [6, 6.07) is 1.81. The van der Waals surface area contributed by atoms with Crippen molar-refractivity contribution < 1.29 is 14.9 Å². The summed E-state index contributed by atoms with van der Waals surface area (Å²) in [7, 11) is 1.80. The number of hydrogen-bond acceptors (Lipinski definition) is 11. The smallest absolute Gasteiger partial charge is 0.280 e. The Hall–Kier alpha value is -4.14. The van der Waals surface area contributed by atoms with Gasteiger partial charge in [-0.05, 0) is 13.0 Å². The summed E-state index contributed by atoms with van der Waals surface area (Å²) in [6.07, 6.45) is 1.11. The molecule has 1 aromatic carbocycles. The molecule has 6 rings (SSSR count). The number of aromatic nitrogens is 8. The van der Waals surface area contributed by atoms with E-state index >= 15 is 0 Å². The second kappa shape index (κ2) is 7.69. The fraction of sp³-hybridized carbons (Fsp3) is 0.333. The molecule has 1 saturated heterocycles. The van der Waals surface area contributed by atoms with Crippen LogP contribution in [0.5, 0.6) is 0 Å². The molecule has 35 heavy (non-hydrogen) atoms. The average Bonchev–Trinajstić information content (AvgIpc) is 3.50. The first-order valence-corrected chi connectivity index (χ1v) is 10.9. The third-order valence-corrected chi connectivity index (χ3v) is 6.21. The topological polar surface area (TPSA) is 195 Å². The van der Waals surface area contributed by atoms with Crippen LogP contribution >= 0.6 is 0 Å². The maximum atomic E-state index is 12.8. The third kappa shape index (κ3) is 3.30. The quantitative estimate of drug-likeness (QED) is 0.237. The Balaban J connectivity index is 1.48. The molecule has 0 spiro atoms. The number of imidazole rings is 2. The Kier molecular flexibility index (Phi) is 4.70. The fourth-order valence-electron chi connectivity index (χ4n) is 4.38. The molecule has 14 nitrogen and oxygen atoms in total. The Bertz CT molecular complexity index is 1670. The molecule has 5 aromatic rings. The molecule has 6 N–H and O–H groups in total. The lowest BCUT2D eigenvalue weighted by Crippen LogP contribution is -2.24. The lowest BCUT2D eigenvalue weighted by Gasteiger charge is -2.14. The third-order valence-electron chi connectivity index (χ3n) is 6.21. The number of rotatable bonds is 4. The van der Waals surface area contributed by atoms with Crippen molar-refractivity contribution in [1.82, 2.24) is 39.0 Å². The minimum atomic E-state index is -0.839. The fourth-order valence-corrected chi connectivity index (χ4v) is 4.38. The number of nitrogens with zero attached hydrogens (tertiary/aromatic N) is 7. The van der Waals surface area contributed by atoms with Gasteiger partial charge in [-0.2, -0.15) is 4.98 Å². The first kappa shape index (κ1) is 21.4. The molecule has 180 valence electrons. The molecule has 5 heterocycles. The summed E-state index contributed by atoms with van der Waals surface area (Å²) in [6.45, 7) is 1.52. The van der Waals surface area contributed by atoms with E-state index in [1.807, 2.05) is 13.0 Å². The highest BCUT2D eigenvalue weighted by atomic mass is 16.5. The molecule has 0 radical (unpaired) electrons. The zero-order valence-corrected chi connectivity index (χ0v) is 18.8. The van der Waals surface area contributed by atoms with Gasteiger partial charge in [0.1, 0.15) is 28.9 Å². The molecule has 0 bridgehead atoms. The van der Waals surface area contributed by atoms with Crippen LogP contribution in [0.15, 0.2) is 23.4 Å². The van der Waals surface area contributed by atoms with E-state index < -0.39 is 24.0 Å².